The number of rotatable bonds is 3. The Morgan fingerprint density at radius 1 is 1.07 bits per heavy atom. The van der Waals surface area contributed by atoms with Crippen LogP contribution in [0.4, 0.5) is 5.69 Å². The largest absolute Gasteiger partial charge is 0.493 e. The summed E-state index contributed by atoms with van der Waals surface area (Å²) in [6.07, 6.45) is 0. The van der Waals surface area contributed by atoms with E-state index in [4.69, 9.17) is 14.5 Å². The Kier molecular flexibility index (Phi) is 6.08. The van der Waals surface area contributed by atoms with Crippen LogP contribution in [0, 0.1) is 6.92 Å². The number of ether oxygens (including phenoxy) is 2. The van der Waals surface area contributed by atoms with Crippen molar-refractivity contribution in [3.63, 3.8) is 0 Å². The highest BCUT2D eigenvalue weighted by molar-refractivity contribution is 5.85. The molecule has 0 amide bonds. The molecule has 0 bridgehead atoms. The molecule has 158 valence electrons. The van der Waals surface area contributed by atoms with Gasteiger partial charge in [0.15, 0.2) is 11.5 Å². The number of aryl methyl sites for hydroxylation is 1. The highest BCUT2D eigenvalue weighted by atomic mass is 35.5. The van der Waals surface area contributed by atoms with Crippen LogP contribution in [0.15, 0.2) is 52.3 Å². The van der Waals surface area contributed by atoms with Gasteiger partial charge < -0.3 is 9.47 Å². The van der Waals surface area contributed by atoms with E-state index in [1.807, 2.05) is 54.0 Å². The molecule has 1 unspecified atom stereocenters. The lowest BCUT2D eigenvalue weighted by atomic mass is 9.89. The van der Waals surface area contributed by atoms with E-state index in [-0.39, 0.29) is 24.0 Å². The Bertz CT molecular complexity index is 1230. The monoisotopic (exact) mass is 427 g/mol. The van der Waals surface area contributed by atoms with Crippen molar-refractivity contribution < 1.29 is 9.47 Å². The summed E-state index contributed by atoms with van der Waals surface area (Å²) in [6.45, 7) is 4.74. The molecule has 0 aliphatic carbocycles. The number of hydrogen-bond donors (Lipinski definition) is 0. The summed E-state index contributed by atoms with van der Waals surface area (Å²) >= 11 is 0. The van der Waals surface area contributed by atoms with Gasteiger partial charge in [-0.15, -0.1) is 12.4 Å². The van der Waals surface area contributed by atoms with Gasteiger partial charge in [0.05, 0.1) is 25.6 Å². The summed E-state index contributed by atoms with van der Waals surface area (Å²) < 4.78 is 14.4. The number of halogens is 1. The van der Waals surface area contributed by atoms with Crippen LogP contribution in [0.5, 0.6) is 11.5 Å². The highest BCUT2D eigenvalue weighted by Crippen LogP contribution is 2.41. The quantitative estimate of drug-likeness (QED) is 0.635. The maximum Gasteiger partial charge on any atom is 0.329 e. The van der Waals surface area contributed by atoms with Gasteiger partial charge in [-0.05, 0) is 36.2 Å². The Morgan fingerprint density at radius 2 is 1.73 bits per heavy atom. The molecule has 0 saturated carbocycles. The molecule has 3 aromatic rings. The summed E-state index contributed by atoms with van der Waals surface area (Å²) in [5.74, 6) is 1.51. The van der Waals surface area contributed by atoms with E-state index in [0.29, 0.717) is 23.5 Å². The first-order valence-corrected chi connectivity index (χ1v) is 9.62. The van der Waals surface area contributed by atoms with Crippen molar-refractivity contribution in [3.8, 4) is 22.8 Å². The summed E-state index contributed by atoms with van der Waals surface area (Å²) in [4.78, 5) is 17.9. The number of nitrogens with zero attached hydrogens (tertiary/aromatic N) is 3. The zero-order valence-electron chi connectivity index (χ0n) is 17.8. The summed E-state index contributed by atoms with van der Waals surface area (Å²) in [5.41, 5.74) is 5.40. The molecule has 2 aromatic carbocycles. The van der Waals surface area contributed by atoms with Crippen molar-refractivity contribution in [1.29, 1.82) is 0 Å². The van der Waals surface area contributed by atoms with Gasteiger partial charge in [0, 0.05) is 31.1 Å². The van der Waals surface area contributed by atoms with Gasteiger partial charge in [0.1, 0.15) is 5.49 Å². The Morgan fingerprint density at radius 3 is 2.40 bits per heavy atom. The van der Waals surface area contributed by atoms with Crippen molar-refractivity contribution in [2.24, 2.45) is 12.0 Å². The van der Waals surface area contributed by atoms with E-state index in [1.165, 1.54) is 0 Å². The standard InChI is InChI=1S/C23H25N3O3.ClH/c1-14-8-6-7-9-18(14)24-22-12-19-17-11-21(29-5)20(28-4)10-16(17)15(2)13-26(19)23(27)25(22)3;/h6-12,15H,13H2,1-5H3;1H/b24-22-;. The molecular weight excluding hydrogens is 402 g/mol. The van der Waals surface area contributed by atoms with E-state index in [2.05, 4.69) is 6.92 Å². The lowest BCUT2D eigenvalue weighted by molar-refractivity contribution is 0.354. The molecule has 0 saturated heterocycles. The fraction of sp³-hybridized carbons (Fsp3) is 0.304. The third kappa shape index (κ3) is 3.52. The number of benzene rings is 2. The smallest absolute Gasteiger partial charge is 0.329 e. The average molecular weight is 428 g/mol. The topological polar surface area (TPSA) is 57.8 Å². The van der Waals surface area contributed by atoms with Crippen LogP contribution >= 0.6 is 12.4 Å². The SMILES string of the molecule is COc1cc2c(cc1OC)C(C)Cn1c-2c/c(=N/c2ccccc2C)n(C)c1=O.Cl. The average Bonchev–Trinajstić information content (AvgIpc) is 2.73. The summed E-state index contributed by atoms with van der Waals surface area (Å²) in [6, 6.07) is 13.8. The van der Waals surface area contributed by atoms with E-state index in [9.17, 15) is 4.79 Å². The molecule has 6 nitrogen and oxygen atoms in total. The minimum Gasteiger partial charge on any atom is -0.493 e. The lowest BCUT2D eigenvalue weighted by Crippen LogP contribution is -2.41. The van der Waals surface area contributed by atoms with Gasteiger partial charge in [0.2, 0.25) is 0 Å². The van der Waals surface area contributed by atoms with Crippen molar-refractivity contribution in [2.75, 3.05) is 14.2 Å². The van der Waals surface area contributed by atoms with Crippen LogP contribution in [0.1, 0.15) is 24.0 Å². The van der Waals surface area contributed by atoms with Crippen molar-refractivity contribution in [3.05, 3.63) is 69.6 Å². The highest BCUT2D eigenvalue weighted by Gasteiger charge is 2.26. The predicted molar refractivity (Wildman–Crippen MR) is 120 cm³/mol. The Labute approximate surface area is 181 Å². The van der Waals surface area contributed by atoms with Crippen molar-refractivity contribution in [1.82, 2.24) is 9.13 Å². The van der Waals surface area contributed by atoms with Gasteiger partial charge in [-0.3, -0.25) is 9.13 Å². The Hall–Kier alpha value is -2.99. The van der Waals surface area contributed by atoms with Crippen LogP contribution in [-0.4, -0.2) is 23.4 Å². The van der Waals surface area contributed by atoms with Gasteiger partial charge in [-0.25, -0.2) is 9.79 Å². The van der Waals surface area contributed by atoms with E-state index < -0.39 is 0 Å². The lowest BCUT2D eigenvalue weighted by Gasteiger charge is -2.28. The van der Waals surface area contributed by atoms with E-state index in [0.717, 1.165) is 28.1 Å². The molecule has 1 atom stereocenters. The fourth-order valence-electron chi connectivity index (χ4n) is 3.89. The van der Waals surface area contributed by atoms with Gasteiger partial charge >= 0.3 is 5.69 Å². The molecule has 1 aliphatic heterocycles. The third-order valence-electron chi connectivity index (χ3n) is 5.59. The molecule has 0 fully saturated rings. The number of methoxy groups -OCH3 is 2. The minimum absolute atomic E-state index is 0. The maximum atomic E-state index is 13.2. The van der Waals surface area contributed by atoms with Crippen LogP contribution in [0.25, 0.3) is 11.3 Å². The second-order valence-corrected chi connectivity index (χ2v) is 7.43. The molecule has 1 aromatic heterocycles. The molecule has 1 aliphatic rings. The molecule has 0 spiro atoms. The third-order valence-corrected chi connectivity index (χ3v) is 5.59. The number of para-hydroxylation sites is 1. The molecular formula is C23H26ClN3O3. The van der Waals surface area contributed by atoms with Crippen LogP contribution in [0.2, 0.25) is 0 Å². The van der Waals surface area contributed by atoms with Crippen LogP contribution < -0.4 is 20.7 Å². The van der Waals surface area contributed by atoms with Gasteiger partial charge in [-0.1, -0.05) is 25.1 Å². The van der Waals surface area contributed by atoms with Crippen LogP contribution in [0.3, 0.4) is 0 Å². The minimum atomic E-state index is -0.0814. The summed E-state index contributed by atoms with van der Waals surface area (Å²) in [7, 11) is 5.02. The van der Waals surface area contributed by atoms with Crippen LogP contribution in [-0.2, 0) is 13.6 Å². The number of fused-ring (bicyclic) bond motifs is 3. The molecule has 30 heavy (non-hydrogen) atoms. The van der Waals surface area contributed by atoms with Gasteiger partial charge in [0.25, 0.3) is 0 Å². The van der Waals surface area contributed by atoms with Crippen molar-refractivity contribution in [2.45, 2.75) is 26.3 Å². The maximum absolute atomic E-state index is 13.2. The Balaban J connectivity index is 0.00000256. The first-order chi connectivity index (χ1) is 13.9. The second-order valence-electron chi connectivity index (χ2n) is 7.43. The van der Waals surface area contributed by atoms with Crippen molar-refractivity contribution >= 4 is 18.1 Å². The van der Waals surface area contributed by atoms with E-state index >= 15 is 0 Å². The molecule has 2 heterocycles. The predicted octanol–water partition coefficient (Wildman–Crippen LogP) is 3.95. The first-order valence-electron chi connectivity index (χ1n) is 9.62. The normalized spacial score (nSPS) is 15.1. The zero-order chi connectivity index (χ0) is 20.7. The molecule has 0 N–H and O–H groups in total. The first kappa shape index (κ1) is 21.7. The van der Waals surface area contributed by atoms with E-state index in [1.54, 1.807) is 25.8 Å². The molecule has 4 rings (SSSR count). The number of hydrogen-bond acceptors (Lipinski definition) is 4. The fourth-order valence-corrected chi connectivity index (χ4v) is 3.89. The molecule has 0 radical (unpaired) electrons. The summed E-state index contributed by atoms with van der Waals surface area (Å²) in [5, 5.41) is 0. The molecule has 7 heteroatoms. The zero-order valence-corrected chi connectivity index (χ0v) is 18.6. The van der Waals surface area contributed by atoms with Gasteiger partial charge in [-0.2, -0.15) is 0 Å². The number of aromatic nitrogens is 2. The second kappa shape index (κ2) is 8.40.